The van der Waals surface area contributed by atoms with Crippen molar-refractivity contribution in [1.29, 1.82) is 5.26 Å². The van der Waals surface area contributed by atoms with E-state index in [9.17, 15) is 14.4 Å². The third-order valence-corrected chi connectivity index (χ3v) is 4.54. The van der Waals surface area contributed by atoms with Crippen LogP contribution in [0.4, 0.5) is 4.39 Å². The predicted octanol–water partition coefficient (Wildman–Crippen LogP) is 3.28. The van der Waals surface area contributed by atoms with Gasteiger partial charge in [-0.1, -0.05) is 26.0 Å². The van der Waals surface area contributed by atoms with E-state index in [-0.39, 0.29) is 23.1 Å². The van der Waals surface area contributed by atoms with Crippen molar-refractivity contribution in [3.8, 4) is 6.07 Å². The van der Waals surface area contributed by atoms with E-state index in [1.165, 1.54) is 12.1 Å². The van der Waals surface area contributed by atoms with E-state index in [4.69, 9.17) is 10.5 Å². The van der Waals surface area contributed by atoms with E-state index in [2.05, 4.69) is 0 Å². The minimum absolute atomic E-state index is 0.0214. The molecule has 0 saturated heterocycles. The quantitative estimate of drug-likeness (QED) is 0.863. The van der Waals surface area contributed by atoms with Crippen LogP contribution in [0.1, 0.15) is 38.2 Å². The van der Waals surface area contributed by atoms with Gasteiger partial charge in [-0.15, -0.1) is 0 Å². The normalized spacial score (nSPS) is 23.2. The van der Waals surface area contributed by atoms with Gasteiger partial charge in [-0.05, 0) is 24.1 Å². The molecule has 1 unspecified atom stereocenters. The SMILES string of the molecule is CC1(C)CCC2=C(C1=O)C(c1ccc(F)cc1)C(C#N)=C(N)O2. The number of halogens is 1. The first-order chi connectivity index (χ1) is 10.8. The van der Waals surface area contributed by atoms with Gasteiger partial charge in [-0.25, -0.2) is 4.39 Å². The van der Waals surface area contributed by atoms with Crippen molar-refractivity contribution in [3.05, 3.63) is 58.4 Å². The molecule has 0 amide bonds. The lowest BCUT2D eigenvalue weighted by Crippen LogP contribution is -2.36. The summed E-state index contributed by atoms with van der Waals surface area (Å²) in [6.45, 7) is 3.77. The number of Topliss-reactive ketones (excluding diaryl/α,β-unsaturated/α-hetero) is 1. The fourth-order valence-electron chi connectivity index (χ4n) is 3.15. The van der Waals surface area contributed by atoms with Crippen LogP contribution in [0.25, 0.3) is 0 Å². The largest absolute Gasteiger partial charge is 0.444 e. The Morgan fingerprint density at radius 2 is 2.00 bits per heavy atom. The molecule has 2 N–H and O–H groups in total. The van der Waals surface area contributed by atoms with Crippen molar-refractivity contribution in [2.24, 2.45) is 11.1 Å². The fourth-order valence-corrected chi connectivity index (χ4v) is 3.15. The summed E-state index contributed by atoms with van der Waals surface area (Å²) in [6, 6.07) is 7.83. The highest BCUT2D eigenvalue weighted by Crippen LogP contribution is 2.47. The van der Waals surface area contributed by atoms with E-state index in [1.54, 1.807) is 12.1 Å². The monoisotopic (exact) mass is 312 g/mol. The molecule has 1 aliphatic carbocycles. The maximum atomic E-state index is 13.2. The minimum Gasteiger partial charge on any atom is -0.444 e. The number of ketones is 1. The van der Waals surface area contributed by atoms with Crippen LogP contribution in [0.15, 0.2) is 47.1 Å². The Hall–Kier alpha value is -2.61. The number of hydrogen-bond donors (Lipinski definition) is 1. The van der Waals surface area contributed by atoms with E-state index in [0.29, 0.717) is 29.7 Å². The maximum absolute atomic E-state index is 13.2. The molecule has 1 aromatic rings. The number of carbonyl (C=O) groups excluding carboxylic acids is 1. The van der Waals surface area contributed by atoms with Crippen molar-refractivity contribution in [2.75, 3.05) is 0 Å². The van der Waals surface area contributed by atoms with Gasteiger partial charge in [0.25, 0.3) is 0 Å². The molecule has 3 rings (SSSR count). The van der Waals surface area contributed by atoms with Crippen molar-refractivity contribution in [3.63, 3.8) is 0 Å². The summed E-state index contributed by atoms with van der Waals surface area (Å²) in [5.74, 6) is -0.473. The zero-order chi connectivity index (χ0) is 16.8. The molecule has 1 heterocycles. The number of nitriles is 1. The van der Waals surface area contributed by atoms with Gasteiger partial charge in [0.05, 0.1) is 5.92 Å². The second-order valence-corrected chi connectivity index (χ2v) is 6.53. The summed E-state index contributed by atoms with van der Waals surface area (Å²) in [5, 5.41) is 9.48. The van der Waals surface area contributed by atoms with Gasteiger partial charge in [0.1, 0.15) is 23.2 Å². The van der Waals surface area contributed by atoms with Crippen LogP contribution >= 0.6 is 0 Å². The molecule has 1 aromatic carbocycles. The third-order valence-electron chi connectivity index (χ3n) is 4.54. The van der Waals surface area contributed by atoms with E-state index < -0.39 is 11.3 Å². The smallest absolute Gasteiger partial charge is 0.205 e. The minimum atomic E-state index is -0.601. The van der Waals surface area contributed by atoms with Crippen LogP contribution in [0, 0.1) is 22.6 Å². The highest BCUT2D eigenvalue weighted by molar-refractivity contribution is 6.03. The van der Waals surface area contributed by atoms with Crippen molar-refractivity contribution >= 4 is 5.78 Å². The number of nitrogens with two attached hydrogens (primary N) is 1. The molecule has 0 bridgehead atoms. The topological polar surface area (TPSA) is 76.1 Å². The van der Waals surface area contributed by atoms with Crippen molar-refractivity contribution in [2.45, 2.75) is 32.6 Å². The summed E-state index contributed by atoms with van der Waals surface area (Å²) in [4.78, 5) is 12.9. The Morgan fingerprint density at radius 3 is 2.61 bits per heavy atom. The van der Waals surface area contributed by atoms with Crippen molar-refractivity contribution < 1.29 is 13.9 Å². The summed E-state index contributed by atoms with van der Waals surface area (Å²) in [7, 11) is 0. The third kappa shape index (κ3) is 2.40. The van der Waals surface area contributed by atoms with Gasteiger partial charge >= 0.3 is 0 Å². The van der Waals surface area contributed by atoms with Gasteiger partial charge in [-0.2, -0.15) is 5.26 Å². The predicted molar refractivity (Wildman–Crippen MR) is 82.1 cm³/mol. The molecule has 5 heteroatoms. The number of nitrogens with zero attached hydrogens (tertiary/aromatic N) is 1. The second-order valence-electron chi connectivity index (χ2n) is 6.53. The van der Waals surface area contributed by atoms with Gasteiger partial charge in [0, 0.05) is 17.4 Å². The molecule has 0 saturated carbocycles. The van der Waals surface area contributed by atoms with Crippen LogP contribution in [-0.4, -0.2) is 5.78 Å². The molecule has 4 nitrogen and oxygen atoms in total. The average Bonchev–Trinajstić information content (AvgIpc) is 2.51. The van der Waals surface area contributed by atoms with Crippen LogP contribution < -0.4 is 5.73 Å². The highest BCUT2D eigenvalue weighted by Gasteiger charge is 2.44. The van der Waals surface area contributed by atoms with E-state index >= 15 is 0 Å². The van der Waals surface area contributed by atoms with Gasteiger partial charge < -0.3 is 10.5 Å². The maximum Gasteiger partial charge on any atom is 0.205 e. The molecule has 0 aromatic heterocycles. The summed E-state index contributed by atoms with van der Waals surface area (Å²) >= 11 is 0. The molecule has 1 atom stereocenters. The Bertz CT molecular complexity index is 782. The zero-order valence-electron chi connectivity index (χ0n) is 13.0. The molecular formula is C18H17FN2O2. The number of carbonyl (C=O) groups is 1. The molecular weight excluding hydrogens is 295 g/mol. The summed E-state index contributed by atoms with van der Waals surface area (Å²) in [6.07, 6.45) is 1.25. The molecule has 2 aliphatic rings. The number of ether oxygens (including phenoxy) is 1. The first kappa shape index (κ1) is 15.3. The summed E-state index contributed by atoms with van der Waals surface area (Å²) < 4.78 is 18.8. The van der Waals surface area contributed by atoms with Gasteiger partial charge in [0.15, 0.2) is 5.78 Å². The Morgan fingerprint density at radius 1 is 1.35 bits per heavy atom. The Kier molecular flexibility index (Phi) is 3.48. The zero-order valence-corrected chi connectivity index (χ0v) is 13.0. The Balaban J connectivity index is 2.19. The molecule has 23 heavy (non-hydrogen) atoms. The second kappa shape index (κ2) is 5.24. The number of benzene rings is 1. The number of hydrogen-bond acceptors (Lipinski definition) is 4. The van der Waals surface area contributed by atoms with Gasteiger partial charge in [0.2, 0.25) is 5.88 Å². The lowest BCUT2D eigenvalue weighted by atomic mass is 9.68. The molecule has 1 aliphatic heterocycles. The molecule has 118 valence electrons. The van der Waals surface area contributed by atoms with Crippen LogP contribution in [0.5, 0.6) is 0 Å². The van der Waals surface area contributed by atoms with Crippen LogP contribution in [0.3, 0.4) is 0 Å². The lowest BCUT2D eigenvalue weighted by molar-refractivity contribution is -0.125. The van der Waals surface area contributed by atoms with E-state index in [0.717, 1.165) is 0 Å². The molecule has 0 spiro atoms. The average molecular weight is 312 g/mol. The van der Waals surface area contributed by atoms with E-state index in [1.807, 2.05) is 19.9 Å². The first-order valence-electron chi connectivity index (χ1n) is 7.46. The standard InChI is InChI=1S/C18H17FN2O2/c1-18(2)8-7-13-15(16(18)22)14(12(9-20)17(21)23-13)10-3-5-11(19)6-4-10/h3-6,14H,7-8,21H2,1-2H3. The van der Waals surface area contributed by atoms with Crippen LogP contribution in [-0.2, 0) is 9.53 Å². The van der Waals surface area contributed by atoms with Crippen LogP contribution in [0.2, 0.25) is 0 Å². The fraction of sp³-hybridized carbons (Fsp3) is 0.333. The first-order valence-corrected chi connectivity index (χ1v) is 7.46. The Labute approximate surface area is 134 Å². The number of rotatable bonds is 1. The van der Waals surface area contributed by atoms with Crippen molar-refractivity contribution in [1.82, 2.24) is 0 Å². The highest BCUT2D eigenvalue weighted by atomic mass is 19.1. The number of allylic oxidation sites excluding steroid dienone is 3. The molecule has 0 fully saturated rings. The lowest BCUT2D eigenvalue weighted by Gasteiger charge is -2.37. The molecule has 0 radical (unpaired) electrons. The summed E-state index contributed by atoms with van der Waals surface area (Å²) in [5.41, 5.74) is 6.69. The van der Waals surface area contributed by atoms with Gasteiger partial charge in [-0.3, -0.25) is 4.79 Å².